The van der Waals surface area contributed by atoms with Crippen LogP contribution < -0.4 is 10.6 Å². The molecule has 7 nitrogen and oxygen atoms in total. The van der Waals surface area contributed by atoms with Gasteiger partial charge in [-0.05, 0) is 32.9 Å². The van der Waals surface area contributed by atoms with Gasteiger partial charge in [-0.3, -0.25) is 14.5 Å². The number of nitrogens with one attached hydrogen (secondary N) is 2. The van der Waals surface area contributed by atoms with Gasteiger partial charge in [0.1, 0.15) is 23.4 Å². The third-order valence-electron chi connectivity index (χ3n) is 3.99. The fourth-order valence-corrected chi connectivity index (χ4v) is 2.68. The second-order valence-electron chi connectivity index (χ2n) is 6.42. The van der Waals surface area contributed by atoms with Crippen molar-refractivity contribution in [3.63, 3.8) is 0 Å². The number of para-hydroxylation sites is 1. The summed E-state index contributed by atoms with van der Waals surface area (Å²) in [6.07, 6.45) is 0. The number of carbonyl (C=O) groups excluding carboxylic acids is 3. The van der Waals surface area contributed by atoms with Gasteiger partial charge < -0.3 is 15.1 Å². The third-order valence-corrected chi connectivity index (χ3v) is 3.99. The molecular weight excluding hydrogens is 310 g/mol. The molecule has 2 N–H and O–H groups in total. The van der Waals surface area contributed by atoms with Gasteiger partial charge in [0.2, 0.25) is 5.91 Å². The van der Waals surface area contributed by atoms with Crippen molar-refractivity contribution in [3.8, 4) is 0 Å². The maximum absolute atomic E-state index is 12.2. The number of fused-ring (bicyclic) bond motifs is 1. The summed E-state index contributed by atoms with van der Waals surface area (Å²) in [7, 11) is 0. The number of benzene rings is 1. The summed E-state index contributed by atoms with van der Waals surface area (Å²) in [6.45, 7) is 4.66. The highest BCUT2D eigenvalue weighted by molar-refractivity contribution is 6.08. The van der Waals surface area contributed by atoms with Crippen molar-refractivity contribution in [3.05, 3.63) is 36.1 Å². The normalized spacial score (nSPS) is 17.9. The van der Waals surface area contributed by atoms with Crippen LogP contribution >= 0.6 is 0 Å². The van der Waals surface area contributed by atoms with Gasteiger partial charge in [0.05, 0.1) is 6.04 Å². The molecule has 1 aromatic carbocycles. The van der Waals surface area contributed by atoms with Crippen LogP contribution in [0.15, 0.2) is 34.7 Å². The first-order valence-corrected chi connectivity index (χ1v) is 7.70. The Kier molecular flexibility index (Phi) is 3.79. The van der Waals surface area contributed by atoms with E-state index in [2.05, 4.69) is 10.6 Å². The van der Waals surface area contributed by atoms with Crippen molar-refractivity contribution in [2.24, 2.45) is 0 Å². The number of amides is 4. The van der Waals surface area contributed by atoms with E-state index in [1.807, 2.05) is 30.3 Å². The topological polar surface area (TPSA) is 91.7 Å². The predicted molar refractivity (Wildman–Crippen MR) is 87.1 cm³/mol. The largest absolute Gasteiger partial charge is 0.459 e. The highest BCUT2D eigenvalue weighted by Crippen LogP contribution is 2.23. The lowest BCUT2D eigenvalue weighted by molar-refractivity contribution is -0.134. The molecule has 126 valence electrons. The second kappa shape index (κ2) is 5.67. The Morgan fingerprint density at radius 1 is 1.33 bits per heavy atom. The highest BCUT2D eigenvalue weighted by atomic mass is 16.3. The molecule has 1 atom stereocenters. The maximum Gasteiger partial charge on any atom is 0.325 e. The van der Waals surface area contributed by atoms with Crippen molar-refractivity contribution in [2.45, 2.75) is 32.4 Å². The Bertz CT molecular complexity index is 791. The number of urea groups is 1. The number of furan rings is 1. The lowest BCUT2D eigenvalue weighted by Crippen LogP contribution is -2.43. The summed E-state index contributed by atoms with van der Waals surface area (Å²) in [4.78, 5) is 37.0. The van der Waals surface area contributed by atoms with E-state index in [1.54, 1.807) is 20.8 Å². The van der Waals surface area contributed by atoms with Crippen molar-refractivity contribution in [1.82, 2.24) is 15.5 Å². The zero-order valence-electron chi connectivity index (χ0n) is 13.8. The van der Waals surface area contributed by atoms with E-state index in [-0.39, 0.29) is 12.6 Å². The molecule has 3 rings (SSSR count). The summed E-state index contributed by atoms with van der Waals surface area (Å²) < 4.78 is 5.70. The van der Waals surface area contributed by atoms with Crippen LogP contribution in [0, 0.1) is 0 Å². The molecule has 0 bridgehead atoms. The van der Waals surface area contributed by atoms with Crippen LogP contribution in [0.25, 0.3) is 11.0 Å². The molecule has 1 aromatic heterocycles. The Balaban J connectivity index is 1.66. The quantitative estimate of drug-likeness (QED) is 0.839. The summed E-state index contributed by atoms with van der Waals surface area (Å²) in [5, 5.41) is 6.23. The van der Waals surface area contributed by atoms with Gasteiger partial charge in [-0.1, -0.05) is 18.2 Å². The Hall–Kier alpha value is -2.83. The number of carbonyl (C=O) groups is 3. The number of nitrogens with zero attached hydrogens (tertiary/aromatic N) is 1. The molecule has 0 aliphatic carbocycles. The van der Waals surface area contributed by atoms with Gasteiger partial charge in [-0.15, -0.1) is 0 Å². The number of rotatable bonds is 4. The zero-order valence-corrected chi connectivity index (χ0v) is 13.8. The number of hydrogen-bond acceptors (Lipinski definition) is 4. The second-order valence-corrected chi connectivity index (χ2v) is 6.42. The van der Waals surface area contributed by atoms with E-state index in [0.29, 0.717) is 5.76 Å². The van der Waals surface area contributed by atoms with Crippen molar-refractivity contribution in [2.75, 3.05) is 6.54 Å². The van der Waals surface area contributed by atoms with Crippen molar-refractivity contribution < 1.29 is 18.8 Å². The Morgan fingerprint density at radius 3 is 2.67 bits per heavy atom. The number of imide groups is 1. The lowest BCUT2D eigenvalue weighted by atomic mass is 10.1. The van der Waals surface area contributed by atoms with Gasteiger partial charge in [0.25, 0.3) is 5.91 Å². The molecule has 1 aliphatic rings. The first-order valence-electron chi connectivity index (χ1n) is 7.70. The molecule has 4 amide bonds. The van der Waals surface area contributed by atoms with Gasteiger partial charge in [-0.2, -0.15) is 0 Å². The first-order chi connectivity index (χ1) is 11.3. The molecule has 7 heteroatoms. The summed E-state index contributed by atoms with van der Waals surface area (Å²) in [5.74, 6) is -0.231. The monoisotopic (exact) mass is 329 g/mol. The van der Waals surface area contributed by atoms with Gasteiger partial charge in [0.15, 0.2) is 0 Å². The molecule has 0 spiro atoms. The minimum absolute atomic E-state index is 0.321. The van der Waals surface area contributed by atoms with Crippen LogP contribution in [-0.2, 0) is 9.59 Å². The van der Waals surface area contributed by atoms with E-state index >= 15 is 0 Å². The van der Waals surface area contributed by atoms with Crippen LogP contribution in [0.5, 0.6) is 0 Å². The Morgan fingerprint density at radius 2 is 2.04 bits per heavy atom. The molecule has 24 heavy (non-hydrogen) atoms. The molecule has 1 aliphatic heterocycles. The van der Waals surface area contributed by atoms with Crippen LogP contribution in [0.4, 0.5) is 4.79 Å². The van der Waals surface area contributed by atoms with E-state index < -0.39 is 23.4 Å². The SMILES string of the molecule is C[C@@H](NC(=O)CN1C(=O)NC(C)(C)C1=O)c1cc2ccccc2o1. The average Bonchev–Trinajstić information content (AvgIpc) is 3.02. The molecule has 2 aromatic rings. The zero-order chi connectivity index (χ0) is 17.5. The molecule has 1 saturated heterocycles. The fraction of sp³-hybridized carbons (Fsp3) is 0.353. The molecule has 0 radical (unpaired) electrons. The average molecular weight is 329 g/mol. The molecule has 0 unspecified atom stereocenters. The van der Waals surface area contributed by atoms with Crippen LogP contribution in [0.1, 0.15) is 32.6 Å². The van der Waals surface area contributed by atoms with E-state index in [9.17, 15) is 14.4 Å². The minimum atomic E-state index is -0.984. The maximum atomic E-state index is 12.2. The van der Waals surface area contributed by atoms with Crippen molar-refractivity contribution >= 4 is 28.8 Å². The van der Waals surface area contributed by atoms with Crippen molar-refractivity contribution in [1.29, 1.82) is 0 Å². The molecule has 2 heterocycles. The van der Waals surface area contributed by atoms with Gasteiger partial charge in [-0.25, -0.2) is 4.79 Å². The molecular formula is C17H19N3O4. The van der Waals surface area contributed by atoms with Crippen LogP contribution in [0.2, 0.25) is 0 Å². The molecule has 1 fully saturated rings. The van der Waals surface area contributed by atoms with E-state index in [0.717, 1.165) is 15.9 Å². The number of hydrogen-bond donors (Lipinski definition) is 2. The van der Waals surface area contributed by atoms with Gasteiger partial charge >= 0.3 is 6.03 Å². The Labute approximate surface area is 139 Å². The predicted octanol–water partition coefficient (Wildman–Crippen LogP) is 1.94. The third kappa shape index (κ3) is 2.84. The smallest absolute Gasteiger partial charge is 0.325 e. The first kappa shape index (κ1) is 16.0. The minimum Gasteiger partial charge on any atom is -0.459 e. The summed E-state index contributed by atoms with van der Waals surface area (Å²) >= 11 is 0. The molecule has 0 saturated carbocycles. The van der Waals surface area contributed by atoms with E-state index in [1.165, 1.54) is 0 Å². The van der Waals surface area contributed by atoms with E-state index in [4.69, 9.17) is 4.42 Å². The highest BCUT2D eigenvalue weighted by Gasteiger charge is 2.44. The summed E-state index contributed by atoms with van der Waals surface area (Å²) in [5.41, 5.74) is -0.244. The summed E-state index contributed by atoms with van der Waals surface area (Å²) in [6, 6.07) is 8.48. The van der Waals surface area contributed by atoms with Gasteiger partial charge in [0, 0.05) is 5.39 Å². The van der Waals surface area contributed by atoms with Crippen LogP contribution in [-0.4, -0.2) is 34.8 Å². The lowest BCUT2D eigenvalue weighted by Gasteiger charge is -2.17. The standard InChI is InChI=1S/C17H19N3O4/c1-10(13-8-11-6-4-5-7-12(11)24-13)18-14(21)9-20-15(22)17(2,3)19-16(20)23/h4-8,10H,9H2,1-3H3,(H,18,21)(H,19,23)/t10-/m1/s1. The van der Waals surface area contributed by atoms with Crippen LogP contribution in [0.3, 0.4) is 0 Å². The fourth-order valence-electron chi connectivity index (χ4n) is 2.68.